The Balaban J connectivity index is 2.64. The molecule has 0 amide bonds. The number of benzene rings is 1. The standard InChI is InChI=1S/C8H11O4PS3/c9-13(10,14)15-6-7-16(11,12)8-4-2-1-3-5-8/h1-5H,6-7H2,(H2,9,10,14). The van der Waals surface area contributed by atoms with E-state index in [9.17, 15) is 8.42 Å². The molecule has 8 heteroatoms. The smallest absolute Gasteiger partial charge is 0.242 e. The van der Waals surface area contributed by atoms with Crippen molar-refractivity contribution in [2.75, 3.05) is 11.5 Å². The van der Waals surface area contributed by atoms with Gasteiger partial charge in [0.05, 0.1) is 10.6 Å². The van der Waals surface area contributed by atoms with E-state index >= 15 is 0 Å². The summed E-state index contributed by atoms with van der Waals surface area (Å²) in [5.41, 5.74) is -3.36. The van der Waals surface area contributed by atoms with Gasteiger partial charge in [0.25, 0.3) is 0 Å². The predicted molar refractivity (Wildman–Crippen MR) is 69.7 cm³/mol. The average Bonchev–Trinajstić information content (AvgIpc) is 2.17. The van der Waals surface area contributed by atoms with E-state index in [-0.39, 0.29) is 16.4 Å². The molecule has 4 nitrogen and oxygen atoms in total. The zero-order chi connectivity index (χ0) is 12.2. The molecule has 1 rings (SSSR count). The molecule has 0 aromatic heterocycles. The third-order valence-corrected chi connectivity index (χ3v) is 6.93. The Morgan fingerprint density at radius 3 is 2.31 bits per heavy atom. The Hall–Kier alpha value is 0.0900. The lowest BCUT2D eigenvalue weighted by Gasteiger charge is -2.07. The number of hydrogen-bond acceptors (Lipinski definition) is 4. The van der Waals surface area contributed by atoms with Crippen LogP contribution in [0.2, 0.25) is 0 Å². The maximum Gasteiger partial charge on any atom is 0.242 e. The van der Waals surface area contributed by atoms with Gasteiger partial charge in [-0.1, -0.05) is 29.6 Å². The van der Waals surface area contributed by atoms with Crippen molar-refractivity contribution in [3.8, 4) is 0 Å². The zero-order valence-electron chi connectivity index (χ0n) is 8.18. The lowest BCUT2D eigenvalue weighted by Crippen LogP contribution is -2.08. The molecule has 90 valence electrons. The van der Waals surface area contributed by atoms with Gasteiger partial charge in [0.15, 0.2) is 9.84 Å². The monoisotopic (exact) mass is 298 g/mol. The lowest BCUT2D eigenvalue weighted by atomic mass is 10.4. The van der Waals surface area contributed by atoms with Gasteiger partial charge in [0.1, 0.15) is 0 Å². The molecule has 0 fully saturated rings. The van der Waals surface area contributed by atoms with Crippen LogP contribution in [0, 0.1) is 0 Å². The molecule has 2 N–H and O–H groups in total. The zero-order valence-corrected chi connectivity index (χ0v) is 11.5. The molecule has 0 unspecified atom stereocenters. The third-order valence-electron chi connectivity index (χ3n) is 1.71. The van der Waals surface area contributed by atoms with E-state index in [1.165, 1.54) is 12.1 Å². The molecule has 0 spiro atoms. The number of hydrogen-bond donors (Lipinski definition) is 2. The summed E-state index contributed by atoms with van der Waals surface area (Å²) in [5.74, 6) is -0.0668. The quantitative estimate of drug-likeness (QED) is 0.801. The Kier molecular flexibility index (Phi) is 4.97. The van der Waals surface area contributed by atoms with Crippen molar-refractivity contribution in [1.82, 2.24) is 0 Å². The van der Waals surface area contributed by atoms with Crippen LogP contribution in [0.1, 0.15) is 0 Å². The lowest BCUT2D eigenvalue weighted by molar-refractivity contribution is 0.502. The minimum Gasteiger partial charge on any atom is -0.338 e. The van der Waals surface area contributed by atoms with Crippen molar-refractivity contribution in [3.63, 3.8) is 0 Å². The molecule has 0 atom stereocenters. The van der Waals surface area contributed by atoms with Gasteiger partial charge in [0.2, 0.25) is 5.69 Å². The van der Waals surface area contributed by atoms with Gasteiger partial charge in [0, 0.05) is 5.75 Å². The highest BCUT2D eigenvalue weighted by Crippen LogP contribution is 2.50. The van der Waals surface area contributed by atoms with E-state index in [0.29, 0.717) is 11.4 Å². The van der Waals surface area contributed by atoms with Crippen molar-refractivity contribution in [1.29, 1.82) is 0 Å². The van der Waals surface area contributed by atoms with Gasteiger partial charge in [-0.05, 0) is 23.9 Å². The highest BCUT2D eigenvalue weighted by molar-refractivity contribution is 8.67. The summed E-state index contributed by atoms with van der Waals surface area (Å²) in [7, 11) is -3.35. The minimum atomic E-state index is -3.36. The fourth-order valence-corrected chi connectivity index (χ4v) is 5.29. The summed E-state index contributed by atoms with van der Waals surface area (Å²) in [6.45, 7) is 0. The Bertz CT molecular complexity index is 479. The number of sulfone groups is 1. The second-order valence-corrected chi connectivity index (χ2v) is 11.2. The van der Waals surface area contributed by atoms with Gasteiger partial charge in [-0.25, -0.2) is 8.42 Å². The Morgan fingerprint density at radius 1 is 1.25 bits per heavy atom. The van der Waals surface area contributed by atoms with Crippen LogP contribution in [0.3, 0.4) is 0 Å². The molecule has 1 aromatic rings. The molecule has 0 saturated heterocycles. The average molecular weight is 298 g/mol. The maximum atomic E-state index is 11.7. The third kappa shape index (κ3) is 4.95. The second kappa shape index (κ2) is 5.62. The molecule has 16 heavy (non-hydrogen) atoms. The topological polar surface area (TPSA) is 74.6 Å². The van der Waals surface area contributed by atoms with Crippen LogP contribution >= 0.6 is 17.1 Å². The molecule has 0 bridgehead atoms. The van der Waals surface area contributed by atoms with Crippen molar-refractivity contribution < 1.29 is 18.2 Å². The predicted octanol–water partition coefficient (Wildman–Crippen LogP) is 1.40. The van der Waals surface area contributed by atoms with Crippen LogP contribution in [-0.2, 0) is 21.6 Å². The van der Waals surface area contributed by atoms with Crippen LogP contribution in [-0.4, -0.2) is 29.7 Å². The first-order valence-electron chi connectivity index (χ1n) is 4.29. The van der Waals surface area contributed by atoms with Crippen molar-refractivity contribution >= 4 is 38.7 Å². The van der Waals surface area contributed by atoms with Gasteiger partial charge in [-0.15, -0.1) is 0 Å². The fourth-order valence-electron chi connectivity index (χ4n) is 1.01. The van der Waals surface area contributed by atoms with Crippen LogP contribution < -0.4 is 0 Å². The highest BCUT2D eigenvalue weighted by atomic mass is 32.9. The molecule has 0 heterocycles. The molecular weight excluding hydrogens is 287 g/mol. The van der Waals surface area contributed by atoms with Gasteiger partial charge in [-0.2, -0.15) is 0 Å². The van der Waals surface area contributed by atoms with Crippen molar-refractivity contribution in [2.24, 2.45) is 0 Å². The summed E-state index contributed by atoms with van der Waals surface area (Å²) < 4.78 is 23.4. The molecule has 0 saturated carbocycles. The Labute approximate surface area is 104 Å². The van der Waals surface area contributed by atoms with Gasteiger partial charge >= 0.3 is 0 Å². The molecular formula is C8H11O4PS3. The second-order valence-electron chi connectivity index (χ2n) is 2.96. The first-order chi connectivity index (χ1) is 7.31. The van der Waals surface area contributed by atoms with Crippen molar-refractivity contribution in [2.45, 2.75) is 4.90 Å². The van der Waals surface area contributed by atoms with Crippen LogP contribution in [0.5, 0.6) is 0 Å². The summed E-state index contributed by atoms with van der Waals surface area (Å²) in [4.78, 5) is 18.1. The van der Waals surface area contributed by atoms with E-state index in [1.54, 1.807) is 18.2 Å². The van der Waals surface area contributed by atoms with E-state index in [0.717, 1.165) is 0 Å². The molecule has 0 aliphatic heterocycles. The SMILES string of the molecule is O=S(=O)(CCSP(O)(O)=S)c1ccccc1. The van der Waals surface area contributed by atoms with Gasteiger partial charge < -0.3 is 9.79 Å². The normalized spacial score (nSPS) is 12.6. The fraction of sp³-hybridized carbons (Fsp3) is 0.250. The van der Waals surface area contributed by atoms with Gasteiger partial charge in [-0.3, -0.25) is 0 Å². The first-order valence-corrected chi connectivity index (χ1v) is 10.2. The van der Waals surface area contributed by atoms with Crippen molar-refractivity contribution in [3.05, 3.63) is 30.3 Å². The maximum absolute atomic E-state index is 11.7. The summed E-state index contributed by atoms with van der Waals surface area (Å²) in [5, 5.41) is 0. The first kappa shape index (κ1) is 14.2. The molecule has 1 aromatic carbocycles. The number of rotatable bonds is 5. The van der Waals surface area contributed by atoms with Crippen LogP contribution in [0.4, 0.5) is 0 Å². The summed E-state index contributed by atoms with van der Waals surface area (Å²) in [6.07, 6.45) is 0. The van der Waals surface area contributed by atoms with Crippen LogP contribution in [0.15, 0.2) is 35.2 Å². The van der Waals surface area contributed by atoms with Crippen LogP contribution in [0.25, 0.3) is 0 Å². The summed E-state index contributed by atoms with van der Waals surface area (Å²) in [6, 6.07) is 8.03. The minimum absolute atomic E-state index is 0.0848. The largest absolute Gasteiger partial charge is 0.338 e. The molecule has 0 aliphatic carbocycles. The van der Waals surface area contributed by atoms with E-state index in [2.05, 4.69) is 11.8 Å². The van der Waals surface area contributed by atoms with E-state index in [4.69, 9.17) is 9.79 Å². The highest BCUT2D eigenvalue weighted by Gasteiger charge is 2.16. The van der Waals surface area contributed by atoms with E-state index in [1.807, 2.05) is 0 Å². The Morgan fingerprint density at radius 2 is 1.81 bits per heavy atom. The summed E-state index contributed by atoms with van der Waals surface area (Å²) >= 11 is 5.09. The molecule has 0 aliphatic rings. The van der Waals surface area contributed by atoms with E-state index < -0.39 is 15.5 Å². The molecule has 0 radical (unpaired) electrons.